The molecule has 0 saturated heterocycles. The molecule has 1 amide bonds. The van der Waals surface area contributed by atoms with Crippen molar-refractivity contribution in [3.05, 3.63) is 65.7 Å². The molecule has 4 rings (SSSR count). The minimum atomic E-state index is -0.392. The molecule has 2 aromatic carbocycles. The van der Waals surface area contributed by atoms with Gasteiger partial charge in [-0.2, -0.15) is 0 Å². The molecule has 1 saturated carbocycles. The summed E-state index contributed by atoms with van der Waals surface area (Å²) in [7, 11) is 0. The zero-order valence-electron chi connectivity index (χ0n) is 13.8. The van der Waals surface area contributed by atoms with Crippen LogP contribution in [0.15, 0.2) is 54.6 Å². The third-order valence-corrected chi connectivity index (χ3v) is 5.49. The molecule has 1 aliphatic heterocycles. The van der Waals surface area contributed by atoms with Gasteiger partial charge in [0.05, 0.1) is 0 Å². The van der Waals surface area contributed by atoms with Gasteiger partial charge in [0.1, 0.15) is 5.75 Å². The minimum Gasteiger partial charge on any atom is -0.480 e. The van der Waals surface area contributed by atoms with E-state index in [1.807, 2.05) is 30.3 Å². The fourth-order valence-electron chi connectivity index (χ4n) is 4.11. The van der Waals surface area contributed by atoms with Crippen LogP contribution in [0.4, 0.5) is 0 Å². The van der Waals surface area contributed by atoms with E-state index in [1.165, 1.54) is 18.4 Å². The number of hydrogen-bond donors (Lipinski definition) is 1. The highest BCUT2D eigenvalue weighted by molar-refractivity contribution is 5.82. The molecule has 2 aromatic rings. The standard InChI is InChI=1S/C21H23NO2/c23-20(19-14-16-8-4-5-11-18(16)24-19)22-15-21(12-6-7-13-21)17-9-2-1-3-10-17/h1-5,8-11,19H,6-7,12-15H2,(H,22,23). The summed E-state index contributed by atoms with van der Waals surface area (Å²) in [5.74, 6) is 0.852. The van der Waals surface area contributed by atoms with E-state index < -0.39 is 6.10 Å². The van der Waals surface area contributed by atoms with Gasteiger partial charge in [-0.25, -0.2) is 0 Å². The lowest BCUT2D eigenvalue weighted by molar-refractivity contribution is -0.127. The van der Waals surface area contributed by atoms with E-state index in [0.29, 0.717) is 13.0 Å². The van der Waals surface area contributed by atoms with Gasteiger partial charge in [-0.1, -0.05) is 61.4 Å². The van der Waals surface area contributed by atoms with Crippen molar-refractivity contribution < 1.29 is 9.53 Å². The van der Waals surface area contributed by atoms with Gasteiger partial charge in [0.2, 0.25) is 0 Å². The number of hydrogen-bond acceptors (Lipinski definition) is 2. The molecule has 0 radical (unpaired) electrons. The number of nitrogens with one attached hydrogen (secondary N) is 1. The second-order valence-corrected chi connectivity index (χ2v) is 6.99. The Hall–Kier alpha value is -2.29. The monoisotopic (exact) mass is 321 g/mol. The highest BCUT2D eigenvalue weighted by Gasteiger charge is 2.37. The van der Waals surface area contributed by atoms with Gasteiger partial charge in [0.15, 0.2) is 6.10 Å². The number of rotatable bonds is 4. The van der Waals surface area contributed by atoms with Crippen LogP contribution in [0.2, 0.25) is 0 Å². The first kappa shape index (κ1) is 15.3. The maximum absolute atomic E-state index is 12.6. The molecular formula is C21H23NO2. The topological polar surface area (TPSA) is 38.3 Å². The van der Waals surface area contributed by atoms with Crippen molar-refractivity contribution in [1.82, 2.24) is 5.32 Å². The molecule has 1 heterocycles. The van der Waals surface area contributed by atoms with Crippen LogP contribution in [0.1, 0.15) is 36.8 Å². The third kappa shape index (κ3) is 2.79. The van der Waals surface area contributed by atoms with Gasteiger partial charge >= 0.3 is 0 Å². The molecule has 2 aliphatic rings. The number of para-hydroxylation sites is 1. The third-order valence-electron chi connectivity index (χ3n) is 5.49. The SMILES string of the molecule is O=C(NCC1(c2ccccc2)CCCC1)C1Cc2ccccc2O1. The number of carbonyl (C=O) groups is 1. The van der Waals surface area contributed by atoms with Crippen molar-refractivity contribution >= 4 is 5.91 Å². The van der Waals surface area contributed by atoms with Crippen molar-refractivity contribution in [3.8, 4) is 5.75 Å². The first-order valence-electron chi connectivity index (χ1n) is 8.85. The van der Waals surface area contributed by atoms with E-state index >= 15 is 0 Å². The number of carbonyl (C=O) groups excluding carboxylic acids is 1. The van der Waals surface area contributed by atoms with Crippen LogP contribution < -0.4 is 10.1 Å². The van der Waals surface area contributed by atoms with Crippen molar-refractivity contribution in [2.45, 2.75) is 43.6 Å². The summed E-state index contributed by atoms with van der Waals surface area (Å²) >= 11 is 0. The van der Waals surface area contributed by atoms with E-state index in [1.54, 1.807) is 0 Å². The van der Waals surface area contributed by atoms with Crippen LogP contribution in [0, 0.1) is 0 Å². The molecule has 1 unspecified atom stereocenters. The summed E-state index contributed by atoms with van der Waals surface area (Å²) in [5, 5.41) is 3.18. The van der Waals surface area contributed by atoms with Crippen LogP contribution in [0.3, 0.4) is 0 Å². The zero-order chi connectivity index (χ0) is 16.4. The Bertz CT molecular complexity index is 695. The molecule has 0 bridgehead atoms. The van der Waals surface area contributed by atoms with Crippen LogP contribution in [0.5, 0.6) is 5.75 Å². The summed E-state index contributed by atoms with van der Waals surface area (Å²) in [4.78, 5) is 12.6. The number of fused-ring (bicyclic) bond motifs is 1. The van der Waals surface area contributed by atoms with Gasteiger partial charge in [-0.05, 0) is 30.0 Å². The highest BCUT2D eigenvalue weighted by Crippen LogP contribution is 2.40. The average molecular weight is 321 g/mol. The Labute approximate surface area is 143 Å². The predicted molar refractivity (Wildman–Crippen MR) is 94.2 cm³/mol. The summed E-state index contributed by atoms with van der Waals surface area (Å²) in [6.07, 6.45) is 5.02. The maximum atomic E-state index is 12.6. The first-order valence-corrected chi connectivity index (χ1v) is 8.85. The van der Waals surface area contributed by atoms with Crippen molar-refractivity contribution in [2.75, 3.05) is 6.54 Å². The first-order chi connectivity index (χ1) is 11.8. The lowest BCUT2D eigenvalue weighted by atomic mass is 9.79. The lowest BCUT2D eigenvalue weighted by Gasteiger charge is -2.30. The van der Waals surface area contributed by atoms with E-state index in [-0.39, 0.29) is 11.3 Å². The Kier molecular flexibility index (Phi) is 4.01. The summed E-state index contributed by atoms with van der Waals surface area (Å²) in [5.41, 5.74) is 2.55. The molecule has 1 fully saturated rings. The van der Waals surface area contributed by atoms with Crippen LogP contribution in [-0.2, 0) is 16.6 Å². The number of ether oxygens (including phenoxy) is 1. The Morgan fingerprint density at radius 3 is 2.50 bits per heavy atom. The summed E-state index contributed by atoms with van der Waals surface area (Å²) < 4.78 is 5.81. The normalized spacial score (nSPS) is 21.1. The number of amides is 1. The smallest absolute Gasteiger partial charge is 0.261 e. The van der Waals surface area contributed by atoms with Crippen molar-refractivity contribution in [3.63, 3.8) is 0 Å². The summed E-state index contributed by atoms with van der Waals surface area (Å²) in [6, 6.07) is 18.5. The van der Waals surface area contributed by atoms with E-state index in [2.05, 4.69) is 29.6 Å². The van der Waals surface area contributed by atoms with E-state index in [4.69, 9.17) is 4.74 Å². The zero-order valence-corrected chi connectivity index (χ0v) is 13.8. The fraction of sp³-hybridized carbons (Fsp3) is 0.381. The van der Waals surface area contributed by atoms with Gasteiger partial charge in [-0.3, -0.25) is 4.79 Å². The van der Waals surface area contributed by atoms with Crippen LogP contribution in [-0.4, -0.2) is 18.6 Å². The Morgan fingerprint density at radius 2 is 1.75 bits per heavy atom. The second kappa shape index (κ2) is 6.31. The fourth-order valence-corrected chi connectivity index (χ4v) is 4.11. The van der Waals surface area contributed by atoms with E-state index in [9.17, 15) is 4.79 Å². The molecular weight excluding hydrogens is 298 g/mol. The molecule has 1 N–H and O–H groups in total. The molecule has 0 spiro atoms. The molecule has 1 aliphatic carbocycles. The van der Waals surface area contributed by atoms with Crippen molar-refractivity contribution in [1.29, 1.82) is 0 Å². The van der Waals surface area contributed by atoms with Gasteiger partial charge in [-0.15, -0.1) is 0 Å². The number of benzene rings is 2. The average Bonchev–Trinajstić information content (AvgIpc) is 3.28. The molecule has 1 atom stereocenters. The molecule has 124 valence electrons. The Balaban J connectivity index is 1.43. The summed E-state index contributed by atoms with van der Waals surface area (Å²) in [6.45, 7) is 0.700. The minimum absolute atomic E-state index is 0.00778. The molecule has 24 heavy (non-hydrogen) atoms. The predicted octanol–water partition coefficient (Wildman–Crippen LogP) is 3.62. The molecule has 3 heteroatoms. The maximum Gasteiger partial charge on any atom is 0.261 e. The van der Waals surface area contributed by atoms with Gasteiger partial charge in [0, 0.05) is 18.4 Å². The van der Waals surface area contributed by atoms with Gasteiger partial charge < -0.3 is 10.1 Å². The Morgan fingerprint density at radius 1 is 1.04 bits per heavy atom. The molecule has 3 nitrogen and oxygen atoms in total. The highest BCUT2D eigenvalue weighted by atomic mass is 16.5. The second-order valence-electron chi connectivity index (χ2n) is 6.99. The van der Waals surface area contributed by atoms with Crippen molar-refractivity contribution in [2.24, 2.45) is 0 Å². The lowest BCUT2D eigenvalue weighted by Crippen LogP contribution is -2.44. The van der Waals surface area contributed by atoms with E-state index in [0.717, 1.165) is 24.2 Å². The van der Waals surface area contributed by atoms with Crippen LogP contribution in [0.25, 0.3) is 0 Å². The van der Waals surface area contributed by atoms with Gasteiger partial charge in [0.25, 0.3) is 5.91 Å². The largest absolute Gasteiger partial charge is 0.480 e. The van der Waals surface area contributed by atoms with Crippen LogP contribution >= 0.6 is 0 Å². The quantitative estimate of drug-likeness (QED) is 0.934. The molecule has 0 aromatic heterocycles.